The van der Waals surface area contributed by atoms with Gasteiger partial charge in [0.25, 0.3) is 5.91 Å². The van der Waals surface area contributed by atoms with E-state index < -0.39 is 23.5 Å². The lowest BCUT2D eigenvalue weighted by atomic mass is 10.0. The molecule has 2 saturated heterocycles. The molecule has 40 heavy (non-hydrogen) atoms. The number of thiocarbonyl (C=S) groups is 1. The first-order valence-electron chi connectivity index (χ1n) is 12.0. The van der Waals surface area contributed by atoms with Crippen molar-refractivity contribution in [1.29, 1.82) is 0 Å². The number of tetrazole rings is 1. The van der Waals surface area contributed by atoms with E-state index in [1.807, 2.05) is 0 Å². The number of hydrogen-bond acceptors (Lipinski definition) is 8. The number of aromatic nitrogens is 4. The van der Waals surface area contributed by atoms with Crippen LogP contribution < -0.4 is 0 Å². The van der Waals surface area contributed by atoms with Crippen molar-refractivity contribution in [1.82, 2.24) is 30.4 Å². The van der Waals surface area contributed by atoms with Crippen LogP contribution in [0, 0.1) is 0 Å². The molecule has 0 aliphatic carbocycles. The average molecular weight is 603 g/mol. The van der Waals surface area contributed by atoms with Gasteiger partial charge in [0.05, 0.1) is 16.0 Å². The number of thioether (sulfide) groups is 1. The molecular weight excluding hydrogens is 582 g/mol. The SMILES string of the molecule is O=C1/C(=C/c2ccc(-c3cc(C(F)(F)F)cc(C(F)(F)F)c3)o2)SC(=S)N1C1CCN(CCc2nn[nH]n2)CC1. The summed E-state index contributed by atoms with van der Waals surface area (Å²) in [5.74, 6) is 0.194. The molecule has 8 nitrogen and oxygen atoms in total. The quantitative estimate of drug-likeness (QED) is 0.228. The Kier molecular flexibility index (Phi) is 7.76. The van der Waals surface area contributed by atoms with Gasteiger partial charge in [0.15, 0.2) is 5.82 Å². The summed E-state index contributed by atoms with van der Waals surface area (Å²) in [6, 6.07) is 3.76. The molecule has 0 bridgehead atoms. The number of rotatable bonds is 6. The largest absolute Gasteiger partial charge is 0.457 e. The van der Waals surface area contributed by atoms with Crippen LogP contribution >= 0.6 is 24.0 Å². The van der Waals surface area contributed by atoms with E-state index in [2.05, 4.69) is 25.5 Å². The molecule has 2 aromatic heterocycles. The molecule has 0 radical (unpaired) electrons. The van der Waals surface area contributed by atoms with Gasteiger partial charge in [-0.2, -0.15) is 31.6 Å². The maximum atomic E-state index is 13.2. The van der Waals surface area contributed by atoms with E-state index in [1.54, 1.807) is 4.90 Å². The number of nitrogens with zero attached hydrogens (tertiary/aromatic N) is 5. The van der Waals surface area contributed by atoms with Crippen LogP contribution in [0.2, 0.25) is 0 Å². The molecule has 1 N–H and O–H groups in total. The molecule has 0 spiro atoms. The first kappa shape index (κ1) is 28.3. The van der Waals surface area contributed by atoms with E-state index >= 15 is 0 Å². The lowest BCUT2D eigenvalue weighted by Crippen LogP contribution is -2.47. The number of aromatic amines is 1. The first-order chi connectivity index (χ1) is 18.9. The number of piperidine rings is 1. The molecule has 1 amide bonds. The van der Waals surface area contributed by atoms with Crippen molar-refractivity contribution in [2.75, 3.05) is 19.6 Å². The summed E-state index contributed by atoms with van der Waals surface area (Å²) in [4.78, 5) is 17.2. The van der Waals surface area contributed by atoms with E-state index in [0.29, 0.717) is 41.5 Å². The molecule has 4 heterocycles. The van der Waals surface area contributed by atoms with Crippen molar-refractivity contribution in [2.45, 2.75) is 37.7 Å². The fraction of sp³-hybridized carbons (Fsp3) is 0.375. The number of halogens is 6. The second-order valence-corrected chi connectivity index (χ2v) is 10.9. The normalized spacial score (nSPS) is 18.9. The molecule has 2 fully saturated rings. The van der Waals surface area contributed by atoms with Gasteiger partial charge in [-0.15, -0.1) is 10.2 Å². The Hall–Kier alpha value is -3.24. The number of carbonyl (C=O) groups is 1. The van der Waals surface area contributed by atoms with Gasteiger partial charge < -0.3 is 9.32 Å². The van der Waals surface area contributed by atoms with Gasteiger partial charge in [-0.25, -0.2) is 0 Å². The summed E-state index contributed by atoms with van der Waals surface area (Å²) in [5, 5.41) is 13.8. The number of amides is 1. The van der Waals surface area contributed by atoms with E-state index in [1.165, 1.54) is 18.2 Å². The summed E-state index contributed by atoms with van der Waals surface area (Å²) >= 11 is 6.52. The van der Waals surface area contributed by atoms with Crippen molar-refractivity contribution < 1.29 is 35.6 Å². The van der Waals surface area contributed by atoms with Gasteiger partial charge in [0.1, 0.15) is 15.8 Å². The topological polar surface area (TPSA) is 91.2 Å². The van der Waals surface area contributed by atoms with Crippen molar-refractivity contribution in [2.24, 2.45) is 0 Å². The summed E-state index contributed by atoms with van der Waals surface area (Å²) in [7, 11) is 0. The number of alkyl halides is 6. The maximum absolute atomic E-state index is 13.2. The molecule has 0 unspecified atom stereocenters. The smallest absolute Gasteiger partial charge is 0.416 e. The van der Waals surface area contributed by atoms with E-state index in [9.17, 15) is 31.1 Å². The van der Waals surface area contributed by atoms with Crippen LogP contribution in [-0.4, -0.2) is 66.3 Å². The summed E-state index contributed by atoms with van der Waals surface area (Å²) in [6.07, 6.45) is -6.52. The zero-order valence-electron chi connectivity index (χ0n) is 20.4. The number of H-pyrrole nitrogens is 1. The zero-order chi connectivity index (χ0) is 28.7. The summed E-state index contributed by atoms with van der Waals surface area (Å²) in [6.45, 7) is 2.25. The minimum absolute atomic E-state index is 0.0527. The van der Waals surface area contributed by atoms with Gasteiger partial charge >= 0.3 is 12.4 Å². The van der Waals surface area contributed by atoms with Gasteiger partial charge in [-0.05, 0) is 43.2 Å². The minimum atomic E-state index is -4.98. The van der Waals surface area contributed by atoms with Crippen LogP contribution in [0.5, 0.6) is 0 Å². The van der Waals surface area contributed by atoms with Crippen LogP contribution in [0.1, 0.15) is 35.6 Å². The molecule has 212 valence electrons. The van der Waals surface area contributed by atoms with Gasteiger partial charge in [0.2, 0.25) is 0 Å². The van der Waals surface area contributed by atoms with Crippen molar-refractivity contribution >= 4 is 40.3 Å². The monoisotopic (exact) mass is 602 g/mol. The third kappa shape index (κ3) is 6.23. The number of furan rings is 1. The Bertz CT molecular complexity index is 1400. The Morgan fingerprint density at radius 1 is 1.07 bits per heavy atom. The third-order valence-corrected chi connectivity index (χ3v) is 7.89. The highest BCUT2D eigenvalue weighted by molar-refractivity contribution is 8.26. The molecule has 5 rings (SSSR count). The van der Waals surface area contributed by atoms with Crippen LogP contribution in [0.3, 0.4) is 0 Å². The third-order valence-electron chi connectivity index (χ3n) is 6.56. The standard InChI is InChI=1S/C24H20F6N6O2S2/c25-23(26,27)14-9-13(10-15(11-14)24(28,29)30)18-2-1-17(38-18)12-19-21(37)36(22(39)40-19)16-3-6-35(7-4-16)8-5-20-31-33-34-32-20/h1-2,9-12,16H,3-8H2,(H,31,32,33,34)/b19-12-. The second-order valence-electron chi connectivity index (χ2n) is 9.20. The zero-order valence-corrected chi connectivity index (χ0v) is 22.1. The Morgan fingerprint density at radius 2 is 1.75 bits per heavy atom. The molecule has 2 aliphatic rings. The van der Waals surface area contributed by atoms with Crippen LogP contribution in [0.25, 0.3) is 17.4 Å². The van der Waals surface area contributed by atoms with E-state index in [-0.39, 0.29) is 40.0 Å². The second kappa shape index (κ2) is 11.0. The average Bonchev–Trinajstić information content (AvgIpc) is 3.64. The highest BCUT2D eigenvalue weighted by Crippen LogP contribution is 2.40. The Morgan fingerprint density at radius 3 is 2.35 bits per heavy atom. The van der Waals surface area contributed by atoms with Gasteiger partial charge in [0, 0.05) is 43.7 Å². The van der Waals surface area contributed by atoms with Gasteiger partial charge in [-0.3, -0.25) is 9.69 Å². The first-order valence-corrected chi connectivity index (χ1v) is 13.2. The molecule has 16 heteroatoms. The van der Waals surface area contributed by atoms with Crippen LogP contribution in [-0.2, 0) is 23.6 Å². The molecule has 0 saturated carbocycles. The fourth-order valence-corrected chi connectivity index (χ4v) is 5.93. The van der Waals surface area contributed by atoms with Crippen molar-refractivity contribution in [3.05, 3.63) is 57.9 Å². The highest BCUT2D eigenvalue weighted by Gasteiger charge is 2.39. The minimum Gasteiger partial charge on any atom is -0.457 e. The molecule has 0 atom stereocenters. The summed E-state index contributed by atoms with van der Waals surface area (Å²) < 4.78 is 85.4. The Labute approximate surface area is 232 Å². The maximum Gasteiger partial charge on any atom is 0.416 e. The number of hydrogen-bond donors (Lipinski definition) is 1. The number of nitrogens with one attached hydrogen (secondary N) is 1. The van der Waals surface area contributed by atoms with E-state index in [4.69, 9.17) is 16.6 Å². The van der Waals surface area contributed by atoms with Crippen LogP contribution in [0.4, 0.5) is 26.3 Å². The molecule has 3 aromatic rings. The summed E-state index contributed by atoms with van der Waals surface area (Å²) in [5.41, 5.74) is -3.28. The number of likely N-dealkylation sites (tertiary alicyclic amines) is 1. The molecular formula is C24H20F6N6O2S2. The van der Waals surface area contributed by atoms with E-state index in [0.717, 1.165) is 31.4 Å². The highest BCUT2D eigenvalue weighted by atomic mass is 32.2. The number of benzene rings is 1. The molecule has 2 aliphatic heterocycles. The lowest BCUT2D eigenvalue weighted by Gasteiger charge is -2.35. The van der Waals surface area contributed by atoms with Gasteiger partial charge in [-0.1, -0.05) is 29.2 Å². The lowest BCUT2D eigenvalue weighted by molar-refractivity contribution is -0.143. The van der Waals surface area contributed by atoms with Crippen LogP contribution in [0.15, 0.2) is 39.7 Å². The fourth-order valence-electron chi connectivity index (χ4n) is 4.55. The molecule has 1 aromatic carbocycles. The van der Waals surface area contributed by atoms with Crippen molar-refractivity contribution in [3.63, 3.8) is 0 Å². The van der Waals surface area contributed by atoms with Crippen molar-refractivity contribution in [3.8, 4) is 11.3 Å². The Balaban J connectivity index is 1.28. The predicted octanol–water partition coefficient (Wildman–Crippen LogP) is 5.41. The predicted molar refractivity (Wildman–Crippen MR) is 137 cm³/mol. The number of carbonyl (C=O) groups excluding carboxylic acids is 1.